The minimum absolute atomic E-state index is 0.0640. The van der Waals surface area contributed by atoms with E-state index in [2.05, 4.69) is 10.2 Å². The monoisotopic (exact) mass is 339 g/mol. The van der Waals surface area contributed by atoms with Crippen LogP contribution in [0.4, 0.5) is 4.79 Å². The van der Waals surface area contributed by atoms with Crippen molar-refractivity contribution in [3.05, 3.63) is 34.9 Å². The number of hydrogen-bond donors (Lipinski definition) is 2. The van der Waals surface area contributed by atoms with Gasteiger partial charge in [0, 0.05) is 36.7 Å². The van der Waals surface area contributed by atoms with Crippen molar-refractivity contribution < 1.29 is 9.53 Å². The van der Waals surface area contributed by atoms with Gasteiger partial charge in [0.2, 0.25) is 0 Å². The van der Waals surface area contributed by atoms with Crippen LogP contribution in [0, 0.1) is 0 Å². The van der Waals surface area contributed by atoms with Crippen LogP contribution < -0.4 is 11.1 Å². The molecule has 1 aromatic carbocycles. The number of nitrogens with two attached hydrogens (primary N) is 1. The predicted octanol–water partition coefficient (Wildman–Crippen LogP) is 2.94. The van der Waals surface area contributed by atoms with Crippen LogP contribution in [0.15, 0.2) is 24.3 Å². The number of alkyl carbamates (subject to hydrolysis) is 1. The summed E-state index contributed by atoms with van der Waals surface area (Å²) in [7, 11) is 0. The van der Waals surface area contributed by atoms with E-state index < -0.39 is 5.60 Å². The second-order valence-corrected chi connectivity index (χ2v) is 7.31. The summed E-state index contributed by atoms with van der Waals surface area (Å²) < 4.78 is 5.31. The molecule has 0 spiro atoms. The average molecular weight is 340 g/mol. The smallest absolute Gasteiger partial charge is 0.407 e. The molecule has 1 heterocycles. The zero-order chi connectivity index (χ0) is 17.0. The molecular weight excluding hydrogens is 314 g/mol. The molecule has 2 rings (SSSR count). The van der Waals surface area contributed by atoms with Crippen LogP contribution in [0.3, 0.4) is 0 Å². The molecule has 0 aromatic heterocycles. The van der Waals surface area contributed by atoms with Gasteiger partial charge in [0.25, 0.3) is 0 Å². The maximum Gasteiger partial charge on any atom is 0.407 e. The first kappa shape index (κ1) is 18.0. The SMILES string of the molecule is CC(C)(C)OC(=O)N[C@@H]1CCN([C@@H](CN)c2ccccc2Cl)C1. The molecule has 5 nitrogen and oxygen atoms in total. The number of benzene rings is 1. The quantitative estimate of drug-likeness (QED) is 0.885. The first-order valence-electron chi connectivity index (χ1n) is 7.98. The number of rotatable bonds is 4. The molecule has 1 aliphatic heterocycles. The van der Waals surface area contributed by atoms with E-state index in [1.165, 1.54) is 0 Å². The molecular formula is C17H26ClN3O2. The summed E-state index contributed by atoms with van der Waals surface area (Å²) in [6.07, 6.45) is 0.506. The largest absolute Gasteiger partial charge is 0.444 e. The van der Waals surface area contributed by atoms with Crippen LogP contribution in [0.25, 0.3) is 0 Å². The van der Waals surface area contributed by atoms with E-state index >= 15 is 0 Å². The molecule has 1 aliphatic rings. The summed E-state index contributed by atoms with van der Waals surface area (Å²) >= 11 is 6.30. The van der Waals surface area contributed by atoms with Gasteiger partial charge < -0.3 is 15.8 Å². The molecule has 2 atom stereocenters. The second-order valence-electron chi connectivity index (χ2n) is 6.90. The fraction of sp³-hybridized carbons (Fsp3) is 0.588. The number of nitrogens with zero attached hydrogens (tertiary/aromatic N) is 1. The number of carbonyl (C=O) groups is 1. The minimum atomic E-state index is -0.486. The average Bonchev–Trinajstić information content (AvgIpc) is 2.87. The fourth-order valence-corrected chi connectivity index (χ4v) is 3.14. The van der Waals surface area contributed by atoms with Crippen LogP contribution in [0.2, 0.25) is 5.02 Å². The Morgan fingerprint density at radius 3 is 2.78 bits per heavy atom. The zero-order valence-electron chi connectivity index (χ0n) is 14.0. The van der Waals surface area contributed by atoms with Gasteiger partial charge in [-0.15, -0.1) is 0 Å². The van der Waals surface area contributed by atoms with Crippen molar-refractivity contribution >= 4 is 17.7 Å². The minimum Gasteiger partial charge on any atom is -0.444 e. The molecule has 6 heteroatoms. The molecule has 0 radical (unpaired) electrons. The van der Waals surface area contributed by atoms with Crippen LogP contribution >= 0.6 is 11.6 Å². The Kier molecular flexibility index (Phi) is 5.89. The Morgan fingerprint density at radius 1 is 1.48 bits per heavy atom. The summed E-state index contributed by atoms with van der Waals surface area (Å²) in [6.45, 7) is 7.67. The van der Waals surface area contributed by atoms with Crippen LogP contribution in [-0.2, 0) is 4.74 Å². The lowest BCUT2D eigenvalue weighted by Crippen LogP contribution is -2.41. The predicted molar refractivity (Wildman–Crippen MR) is 92.6 cm³/mol. The Hall–Kier alpha value is -1.30. The third-order valence-corrected chi connectivity index (χ3v) is 4.21. The maximum absolute atomic E-state index is 11.9. The van der Waals surface area contributed by atoms with Crippen LogP contribution in [-0.4, -0.2) is 42.3 Å². The molecule has 128 valence electrons. The fourth-order valence-electron chi connectivity index (χ4n) is 2.88. The topological polar surface area (TPSA) is 67.6 Å². The normalized spacial score (nSPS) is 20.3. The lowest BCUT2D eigenvalue weighted by Gasteiger charge is -2.28. The molecule has 0 bridgehead atoms. The Labute approximate surface area is 143 Å². The van der Waals surface area contributed by atoms with Gasteiger partial charge >= 0.3 is 6.09 Å². The van der Waals surface area contributed by atoms with E-state index in [0.29, 0.717) is 6.54 Å². The summed E-state index contributed by atoms with van der Waals surface area (Å²) in [5.74, 6) is 0. The van der Waals surface area contributed by atoms with Gasteiger partial charge in [0.15, 0.2) is 0 Å². The molecule has 3 N–H and O–H groups in total. The van der Waals surface area contributed by atoms with Crippen molar-refractivity contribution in [2.75, 3.05) is 19.6 Å². The molecule has 1 saturated heterocycles. The molecule has 1 fully saturated rings. The van der Waals surface area contributed by atoms with Gasteiger partial charge in [-0.2, -0.15) is 0 Å². The highest BCUT2D eigenvalue weighted by atomic mass is 35.5. The molecule has 0 saturated carbocycles. The van der Waals surface area contributed by atoms with Gasteiger partial charge in [0.05, 0.1) is 0 Å². The maximum atomic E-state index is 11.9. The lowest BCUT2D eigenvalue weighted by atomic mass is 10.1. The van der Waals surface area contributed by atoms with Crippen molar-refractivity contribution in [3.63, 3.8) is 0 Å². The first-order chi connectivity index (χ1) is 10.8. The van der Waals surface area contributed by atoms with E-state index in [9.17, 15) is 4.79 Å². The van der Waals surface area contributed by atoms with Gasteiger partial charge in [-0.3, -0.25) is 4.90 Å². The van der Waals surface area contributed by atoms with Crippen molar-refractivity contribution in [1.29, 1.82) is 0 Å². The summed E-state index contributed by atoms with van der Waals surface area (Å²) in [5, 5.41) is 3.66. The van der Waals surface area contributed by atoms with E-state index in [1.54, 1.807) is 0 Å². The van der Waals surface area contributed by atoms with Gasteiger partial charge in [-0.1, -0.05) is 29.8 Å². The highest BCUT2D eigenvalue weighted by Crippen LogP contribution is 2.29. The number of hydrogen-bond acceptors (Lipinski definition) is 4. The summed E-state index contributed by atoms with van der Waals surface area (Å²) in [4.78, 5) is 14.2. The molecule has 0 unspecified atom stereocenters. The van der Waals surface area contributed by atoms with Crippen LogP contribution in [0.1, 0.15) is 38.8 Å². The third kappa shape index (κ3) is 5.09. The zero-order valence-corrected chi connectivity index (χ0v) is 14.8. The van der Waals surface area contributed by atoms with Crippen LogP contribution in [0.5, 0.6) is 0 Å². The van der Waals surface area contributed by atoms with Gasteiger partial charge in [0.1, 0.15) is 5.60 Å². The number of nitrogens with one attached hydrogen (secondary N) is 1. The first-order valence-corrected chi connectivity index (χ1v) is 8.36. The van der Waals surface area contributed by atoms with Gasteiger partial charge in [-0.05, 0) is 38.8 Å². The number of likely N-dealkylation sites (tertiary alicyclic amines) is 1. The van der Waals surface area contributed by atoms with E-state index in [-0.39, 0.29) is 18.2 Å². The number of ether oxygens (including phenoxy) is 1. The molecule has 1 amide bonds. The van der Waals surface area contributed by atoms with E-state index in [0.717, 1.165) is 30.1 Å². The van der Waals surface area contributed by atoms with E-state index in [1.807, 2.05) is 45.0 Å². The number of amides is 1. The van der Waals surface area contributed by atoms with Crippen molar-refractivity contribution in [1.82, 2.24) is 10.2 Å². The molecule has 0 aliphatic carbocycles. The molecule has 1 aromatic rings. The van der Waals surface area contributed by atoms with Crippen molar-refractivity contribution in [3.8, 4) is 0 Å². The number of carbonyl (C=O) groups excluding carboxylic acids is 1. The molecule has 23 heavy (non-hydrogen) atoms. The Bertz CT molecular complexity index is 545. The van der Waals surface area contributed by atoms with E-state index in [4.69, 9.17) is 22.1 Å². The highest BCUT2D eigenvalue weighted by molar-refractivity contribution is 6.31. The second kappa shape index (κ2) is 7.51. The van der Waals surface area contributed by atoms with Gasteiger partial charge in [-0.25, -0.2) is 4.79 Å². The number of halogens is 1. The van der Waals surface area contributed by atoms with Crippen molar-refractivity contribution in [2.45, 2.75) is 44.9 Å². The lowest BCUT2D eigenvalue weighted by molar-refractivity contribution is 0.0504. The summed E-state index contributed by atoms with van der Waals surface area (Å²) in [6, 6.07) is 7.91. The third-order valence-electron chi connectivity index (χ3n) is 3.87. The Morgan fingerprint density at radius 2 is 2.17 bits per heavy atom. The standard InChI is InChI=1S/C17H26ClN3O2/c1-17(2,3)23-16(22)20-12-8-9-21(11-12)15(10-19)13-6-4-5-7-14(13)18/h4-7,12,15H,8-11,19H2,1-3H3,(H,20,22)/t12-,15+/m1/s1. The highest BCUT2D eigenvalue weighted by Gasteiger charge is 2.31. The Balaban J connectivity index is 1.96. The summed E-state index contributed by atoms with van der Waals surface area (Å²) in [5.41, 5.74) is 6.52. The van der Waals surface area contributed by atoms with Crippen molar-refractivity contribution in [2.24, 2.45) is 5.73 Å².